The Hall–Kier alpha value is -0.170. The fourth-order valence-corrected chi connectivity index (χ4v) is 2.87. The van der Waals surface area contributed by atoms with E-state index in [1.54, 1.807) is 0 Å². The second-order valence-electron chi connectivity index (χ2n) is 4.33. The smallest absolute Gasteiger partial charge is 0.171 e. The molecule has 100 valence electrons. The Morgan fingerprint density at radius 1 is 1.11 bits per heavy atom. The van der Waals surface area contributed by atoms with Crippen LogP contribution < -0.4 is 0 Å². The summed E-state index contributed by atoms with van der Waals surface area (Å²) in [5.74, 6) is -0.391. The molecule has 1 fully saturated rings. The number of rotatable bonds is 7. The van der Waals surface area contributed by atoms with Gasteiger partial charge in [-0.15, -0.1) is 0 Å². The molecule has 18 heavy (non-hydrogen) atoms. The minimum Gasteiger partial charge on any atom is -0.377 e. The number of halogens is 1. The summed E-state index contributed by atoms with van der Waals surface area (Å²) in [6, 6.07) is 10.2. The van der Waals surface area contributed by atoms with Crippen molar-refractivity contribution in [1.82, 2.24) is 0 Å². The van der Waals surface area contributed by atoms with E-state index >= 15 is 0 Å². The lowest BCUT2D eigenvalue weighted by Gasteiger charge is -2.26. The van der Waals surface area contributed by atoms with Crippen molar-refractivity contribution in [2.24, 2.45) is 0 Å². The molecule has 1 aliphatic rings. The van der Waals surface area contributed by atoms with E-state index in [0.717, 1.165) is 17.3 Å². The molecule has 0 radical (unpaired) electrons. The molecule has 0 amide bonds. The third-order valence-corrected chi connectivity index (χ3v) is 3.57. The highest BCUT2D eigenvalue weighted by Crippen LogP contribution is 2.28. The molecule has 0 aromatic heterocycles. The van der Waals surface area contributed by atoms with Gasteiger partial charge in [-0.2, -0.15) is 0 Å². The molecule has 0 saturated carbocycles. The van der Waals surface area contributed by atoms with Crippen molar-refractivity contribution in [2.75, 3.05) is 24.2 Å². The minimum atomic E-state index is -0.391. The second-order valence-corrected chi connectivity index (χ2v) is 5.41. The Balaban J connectivity index is 1.71. The molecular formula is C14H19IO3. The summed E-state index contributed by atoms with van der Waals surface area (Å²) in [5.41, 5.74) is 1.20. The van der Waals surface area contributed by atoms with Crippen molar-refractivity contribution in [3.05, 3.63) is 35.9 Å². The van der Waals surface area contributed by atoms with Gasteiger partial charge in [-0.1, -0.05) is 52.9 Å². The molecule has 4 heteroatoms. The number of hydrogen-bond donors (Lipinski definition) is 0. The lowest BCUT2D eigenvalue weighted by Crippen LogP contribution is -2.32. The van der Waals surface area contributed by atoms with Gasteiger partial charge in [-0.25, -0.2) is 0 Å². The van der Waals surface area contributed by atoms with Crippen LogP contribution in [0.3, 0.4) is 0 Å². The third-order valence-electron chi connectivity index (χ3n) is 3.03. The van der Waals surface area contributed by atoms with E-state index in [2.05, 4.69) is 34.7 Å². The molecule has 1 aromatic carbocycles. The summed E-state index contributed by atoms with van der Waals surface area (Å²) < 4.78 is 18.2. The number of ether oxygens (including phenoxy) is 3. The summed E-state index contributed by atoms with van der Waals surface area (Å²) in [6.07, 6.45) is 1.74. The van der Waals surface area contributed by atoms with E-state index < -0.39 is 5.79 Å². The summed E-state index contributed by atoms with van der Waals surface area (Å²) in [5, 5.41) is 0. The van der Waals surface area contributed by atoms with Crippen molar-refractivity contribution in [3.8, 4) is 0 Å². The highest BCUT2D eigenvalue weighted by atomic mass is 127. The van der Waals surface area contributed by atoms with Crippen LogP contribution in [0.15, 0.2) is 30.3 Å². The van der Waals surface area contributed by atoms with Gasteiger partial charge >= 0.3 is 0 Å². The van der Waals surface area contributed by atoms with Crippen LogP contribution in [0.4, 0.5) is 0 Å². The van der Waals surface area contributed by atoms with Crippen molar-refractivity contribution in [3.63, 3.8) is 0 Å². The van der Waals surface area contributed by atoms with E-state index in [9.17, 15) is 0 Å². The summed E-state index contributed by atoms with van der Waals surface area (Å²) in [6.45, 7) is 2.73. The average Bonchev–Trinajstić information content (AvgIpc) is 2.86. The quantitative estimate of drug-likeness (QED) is 0.424. The normalized spacial score (nSPS) is 18.1. The van der Waals surface area contributed by atoms with Crippen LogP contribution in [-0.2, 0) is 20.8 Å². The maximum absolute atomic E-state index is 5.73. The monoisotopic (exact) mass is 362 g/mol. The molecule has 2 rings (SSSR count). The van der Waals surface area contributed by atoms with Crippen LogP contribution in [-0.4, -0.2) is 30.0 Å². The first-order chi connectivity index (χ1) is 8.85. The molecule has 1 aliphatic heterocycles. The molecule has 0 bridgehead atoms. The Labute approximate surface area is 122 Å². The third kappa shape index (κ3) is 4.19. The maximum Gasteiger partial charge on any atom is 0.171 e. The van der Waals surface area contributed by atoms with Crippen LogP contribution in [0.2, 0.25) is 0 Å². The van der Waals surface area contributed by atoms with Gasteiger partial charge in [-0.05, 0) is 5.56 Å². The van der Waals surface area contributed by atoms with Crippen LogP contribution in [0.1, 0.15) is 18.4 Å². The molecule has 0 atom stereocenters. The van der Waals surface area contributed by atoms with Gasteiger partial charge in [-0.3, -0.25) is 0 Å². The maximum atomic E-state index is 5.73. The second kappa shape index (κ2) is 7.43. The van der Waals surface area contributed by atoms with Gasteiger partial charge in [0.2, 0.25) is 0 Å². The Morgan fingerprint density at radius 2 is 1.83 bits per heavy atom. The zero-order chi connectivity index (χ0) is 12.7. The lowest BCUT2D eigenvalue weighted by atomic mass is 10.1. The van der Waals surface area contributed by atoms with Gasteiger partial charge in [0.25, 0.3) is 0 Å². The topological polar surface area (TPSA) is 27.7 Å². The van der Waals surface area contributed by atoms with Gasteiger partial charge < -0.3 is 14.2 Å². The van der Waals surface area contributed by atoms with Crippen molar-refractivity contribution >= 4 is 22.6 Å². The first-order valence-corrected chi connectivity index (χ1v) is 7.83. The highest BCUT2D eigenvalue weighted by Gasteiger charge is 2.35. The molecular weight excluding hydrogens is 343 g/mol. The average molecular weight is 362 g/mol. The molecule has 1 saturated heterocycles. The van der Waals surface area contributed by atoms with Gasteiger partial charge in [0, 0.05) is 17.3 Å². The molecule has 0 spiro atoms. The number of hydrogen-bond acceptors (Lipinski definition) is 3. The Bertz CT molecular complexity index is 336. The van der Waals surface area contributed by atoms with Crippen molar-refractivity contribution in [2.45, 2.75) is 25.2 Å². The fraction of sp³-hybridized carbons (Fsp3) is 0.571. The number of benzene rings is 1. The summed E-state index contributed by atoms with van der Waals surface area (Å²) >= 11 is 2.36. The highest BCUT2D eigenvalue weighted by molar-refractivity contribution is 14.1. The van der Waals surface area contributed by atoms with E-state index in [4.69, 9.17) is 14.2 Å². The largest absolute Gasteiger partial charge is 0.377 e. The standard InChI is InChI=1S/C14H19IO3/c15-8-6-14(17-10-11-18-14)7-9-16-12-13-4-2-1-3-5-13/h1-5H,6-12H2. The van der Waals surface area contributed by atoms with E-state index in [-0.39, 0.29) is 0 Å². The molecule has 3 nitrogen and oxygen atoms in total. The van der Waals surface area contributed by atoms with Gasteiger partial charge in [0.15, 0.2) is 5.79 Å². The molecule has 0 unspecified atom stereocenters. The zero-order valence-electron chi connectivity index (χ0n) is 10.4. The lowest BCUT2D eigenvalue weighted by molar-refractivity contribution is -0.171. The molecule has 0 aliphatic carbocycles. The van der Waals surface area contributed by atoms with Crippen LogP contribution in [0.5, 0.6) is 0 Å². The van der Waals surface area contributed by atoms with E-state index in [0.29, 0.717) is 26.4 Å². The SMILES string of the molecule is ICCC1(CCOCc2ccccc2)OCCO1. The first-order valence-electron chi connectivity index (χ1n) is 6.30. The van der Waals surface area contributed by atoms with Crippen molar-refractivity contribution in [1.29, 1.82) is 0 Å². The zero-order valence-corrected chi connectivity index (χ0v) is 12.6. The Morgan fingerprint density at radius 3 is 2.50 bits per heavy atom. The van der Waals surface area contributed by atoms with Gasteiger partial charge in [0.05, 0.1) is 26.4 Å². The van der Waals surface area contributed by atoms with Crippen LogP contribution in [0, 0.1) is 0 Å². The molecule has 0 N–H and O–H groups in total. The van der Waals surface area contributed by atoms with Gasteiger partial charge in [0.1, 0.15) is 0 Å². The first kappa shape index (κ1) is 14.2. The van der Waals surface area contributed by atoms with Crippen LogP contribution in [0.25, 0.3) is 0 Å². The van der Waals surface area contributed by atoms with Crippen LogP contribution >= 0.6 is 22.6 Å². The molecule has 1 heterocycles. The number of alkyl halides is 1. The summed E-state index contributed by atoms with van der Waals surface area (Å²) in [7, 11) is 0. The van der Waals surface area contributed by atoms with E-state index in [1.165, 1.54) is 5.56 Å². The van der Waals surface area contributed by atoms with E-state index in [1.807, 2.05) is 18.2 Å². The predicted octanol–water partition coefficient (Wildman–Crippen LogP) is 3.16. The minimum absolute atomic E-state index is 0.391. The molecule has 1 aromatic rings. The predicted molar refractivity (Wildman–Crippen MR) is 78.9 cm³/mol. The Kier molecular flexibility index (Phi) is 5.88. The summed E-state index contributed by atoms with van der Waals surface area (Å²) in [4.78, 5) is 0. The fourth-order valence-electron chi connectivity index (χ4n) is 2.05. The van der Waals surface area contributed by atoms with Crippen molar-refractivity contribution < 1.29 is 14.2 Å².